The van der Waals surface area contributed by atoms with Crippen LogP contribution in [-0.2, 0) is 11.2 Å². The topological polar surface area (TPSA) is 61.4 Å². The van der Waals surface area contributed by atoms with Gasteiger partial charge in [-0.3, -0.25) is 0 Å². The van der Waals surface area contributed by atoms with Crippen LogP contribution >= 0.6 is 12.2 Å². The Kier molecular flexibility index (Phi) is 5.49. The summed E-state index contributed by atoms with van der Waals surface area (Å²) in [6.07, 6.45) is 0.367. The van der Waals surface area contributed by atoms with Crippen molar-refractivity contribution in [2.24, 2.45) is 0 Å². The lowest BCUT2D eigenvalue weighted by atomic mass is 10.1. The summed E-state index contributed by atoms with van der Waals surface area (Å²) in [4.78, 5) is 11.4. The van der Waals surface area contributed by atoms with E-state index in [0.29, 0.717) is 11.5 Å². The first kappa shape index (κ1) is 16.0. The highest BCUT2D eigenvalue weighted by molar-refractivity contribution is 7.80. The number of thiocarbonyl (C=S) groups is 1. The number of benzene rings is 2. The van der Waals surface area contributed by atoms with Gasteiger partial charge in [0.15, 0.2) is 5.11 Å². The third kappa shape index (κ3) is 4.86. The fourth-order valence-electron chi connectivity index (χ4n) is 2.10. The van der Waals surface area contributed by atoms with E-state index in [9.17, 15) is 9.90 Å². The number of nitrogens with one attached hydrogen (secondary N) is 2. The Morgan fingerprint density at radius 3 is 2.55 bits per heavy atom. The molecule has 0 spiro atoms. The van der Waals surface area contributed by atoms with Crippen molar-refractivity contribution in [2.45, 2.75) is 19.4 Å². The smallest absolute Gasteiger partial charge is 0.326 e. The molecule has 0 unspecified atom stereocenters. The highest BCUT2D eigenvalue weighted by atomic mass is 32.1. The molecule has 0 saturated carbocycles. The first-order chi connectivity index (χ1) is 10.5. The molecule has 3 N–H and O–H groups in total. The second-order valence-corrected chi connectivity index (χ2v) is 5.46. The standard InChI is InChI=1S/C17H18N2O2S/c1-12-6-5-9-14(10-12)18-17(22)19-15(16(20)21)11-13-7-3-2-4-8-13/h2-10,15H,11H2,1H3,(H,20,21)(H2,18,19,22)/t15-/m0/s1. The van der Waals surface area contributed by atoms with Crippen molar-refractivity contribution >= 4 is 29.0 Å². The van der Waals surface area contributed by atoms with Crippen LogP contribution in [0.3, 0.4) is 0 Å². The van der Waals surface area contributed by atoms with E-state index < -0.39 is 12.0 Å². The monoisotopic (exact) mass is 314 g/mol. The zero-order valence-corrected chi connectivity index (χ0v) is 13.1. The quantitative estimate of drug-likeness (QED) is 0.741. The zero-order chi connectivity index (χ0) is 15.9. The molecule has 5 heteroatoms. The first-order valence-corrected chi connectivity index (χ1v) is 7.36. The maximum absolute atomic E-state index is 11.4. The molecule has 1 atom stereocenters. The van der Waals surface area contributed by atoms with E-state index in [1.807, 2.05) is 61.5 Å². The van der Waals surface area contributed by atoms with Crippen LogP contribution in [0.25, 0.3) is 0 Å². The van der Waals surface area contributed by atoms with Gasteiger partial charge in [0.1, 0.15) is 6.04 Å². The Balaban J connectivity index is 1.98. The number of hydrogen-bond donors (Lipinski definition) is 3. The van der Waals surface area contributed by atoms with Crippen molar-refractivity contribution in [1.82, 2.24) is 5.32 Å². The summed E-state index contributed by atoms with van der Waals surface area (Å²) in [6.45, 7) is 1.98. The van der Waals surface area contributed by atoms with Crippen molar-refractivity contribution in [3.8, 4) is 0 Å². The Morgan fingerprint density at radius 2 is 1.91 bits per heavy atom. The van der Waals surface area contributed by atoms with Gasteiger partial charge in [0.05, 0.1) is 0 Å². The fraction of sp³-hybridized carbons (Fsp3) is 0.176. The van der Waals surface area contributed by atoms with Gasteiger partial charge in [-0.05, 0) is 42.4 Å². The lowest BCUT2D eigenvalue weighted by molar-refractivity contribution is -0.139. The largest absolute Gasteiger partial charge is 0.480 e. The summed E-state index contributed by atoms with van der Waals surface area (Å²) >= 11 is 5.21. The van der Waals surface area contributed by atoms with E-state index in [-0.39, 0.29) is 0 Å². The van der Waals surface area contributed by atoms with Crippen LogP contribution in [0.1, 0.15) is 11.1 Å². The van der Waals surface area contributed by atoms with Crippen molar-refractivity contribution in [3.05, 3.63) is 65.7 Å². The highest BCUT2D eigenvalue weighted by Gasteiger charge is 2.18. The molecule has 2 aromatic carbocycles. The van der Waals surface area contributed by atoms with E-state index in [1.165, 1.54) is 0 Å². The van der Waals surface area contributed by atoms with Crippen LogP contribution < -0.4 is 10.6 Å². The predicted molar refractivity (Wildman–Crippen MR) is 92.1 cm³/mol. The van der Waals surface area contributed by atoms with Gasteiger partial charge in [0.2, 0.25) is 0 Å². The van der Waals surface area contributed by atoms with E-state index in [2.05, 4.69) is 10.6 Å². The minimum atomic E-state index is -0.933. The second kappa shape index (κ2) is 7.56. The number of aryl methyl sites for hydroxylation is 1. The summed E-state index contributed by atoms with van der Waals surface area (Å²) in [5.74, 6) is -0.933. The van der Waals surface area contributed by atoms with Crippen molar-refractivity contribution < 1.29 is 9.90 Å². The molecule has 22 heavy (non-hydrogen) atoms. The van der Waals surface area contributed by atoms with E-state index in [4.69, 9.17) is 12.2 Å². The molecule has 4 nitrogen and oxygen atoms in total. The predicted octanol–water partition coefficient (Wildman–Crippen LogP) is 2.98. The Labute approximate surface area is 135 Å². The van der Waals surface area contributed by atoms with Crippen molar-refractivity contribution in [1.29, 1.82) is 0 Å². The van der Waals surface area contributed by atoms with Crippen LogP contribution in [0.5, 0.6) is 0 Å². The van der Waals surface area contributed by atoms with Gasteiger partial charge in [-0.25, -0.2) is 4.79 Å². The number of carboxylic acid groups (broad SMARTS) is 1. The molecular weight excluding hydrogens is 296 g/mol. The molecule has 114 valence electrons. The summed E-state index contributed by atoms with van der Waals surface area (Å²) < 4.78 is 0. The average Bonchev–Trinajstić information content (AvgIpc) is 2.47. The van der Waals surface area contributed by atoms with Crippen LogP contribution in [-0.4, -0.2) is 22.2 Å². The minimum absolute atomic E-state index is 0.300. The van der Waals surface area contributed by atoms with Crippen molar-refractivity contribution in [2.75, 3.05) is 5.32 Å². The molecule has 0 radical (unpaired) electrons. The third-order valence-corrected chi connectivity index (χ3v) is 3.38. The molecule has 0 aliphatic heterocycles. The van der Waals surface area contributed by atoms with Crippen LogP contribution in [0.4, 0.5) is 5.69 Å². The zero-order valence-electron chi connectivity index (χ0n) is 12.2. The maximum atomic E-state index is 11.4. The van der Waals surface area contributed by atoms with Crippen molar-refractivity contribution in [3.63, 3.8) is 0 Å². The molecule has 0 fully saturated rings. The number of carboxylic acids is 1. The summed E-state index contributed by atoms with van der Waals surface area (Å²) in [5, 5.41) is 15.5. The second-order valence-electron chi connectivity index (χ2n) is 5.05. The summed E-state index contributed by atoms with van der Waals surface area (Å²) in [5.41, 5.74) is 2.88. The minimum Gasteiger partial charge on any atom is -0.480 e. The SMILES string of the molecule is Cc1cccc(NC(=S)N[C@@H](Cc2ccccc2)C(=O)O)c1. The molecule has 0 saturated heterocycles. The molecule has 2 rings (SSSR count). The van der Waals surface area contributed by atoms with Gasteiger partial charge in [-0.15, -0.1) is 0 Å². The molecule has 0 aliphatic rings. The van der Waals surface area contributed by atoms with Crippen LogP contribution in [0.2, 0.25) is 0 Å². The summed E-state index contributed by atoms with van der Waals surface area (Å²) in [6, 6.07) is 16.4. The molecule has 0 amide bonds. The normalized spacial score (nSPS) is 11.5. The summed E-state index contributed by atoms with van der Waals surface area (Å²) in [7, 11) is 0. The van der Waals surface area contributed by atoms with Gasteiger partial charge >= 0.3 is 5.97 Å². The molecule has 0 heterocycles. The molecule has 0 bridgehead atoms. The number of hydrogen-bond acceptors (Lipinski definition) is 2. The lowest BCUT2D eigenvalue weighted by Gasteiger charge is -2.17. The van der Waals surface area contributed by atoms with Gasteiger partial charge in [0, 0.05) is 12.1 Å². The molecular formula is C17H18N2O2S. The van der Waals surface area contributed by atoms with Crippen LogP contribution in [0, 0.1) is 6.92 Å². The third-order valence-electron chi connectivity index (χ3n) is 3.16. The lowest BCUT2D eigenvalue weighted by Crippen LogP contribution is -2.44. The van der Waals surface area contributed by atoms with Crippen LogP contribution in [0.15, 0.2) is 54.6 Å². The molecule has 2 aromatic rings. The number of rotatable bonds is 5. The average molecular weight is 314 g/mol. The Morgan fingerprint density at radius 1 is 1.18 bits per heavy atom. The van der Waals surface area contributed by atoms with Gasteiger partial charge in [-0.2, -0.15) is 0 Å². The fourth-order valence-corrected chi connectivity index (χ4v) is 2.36. The molecule has 0 aromatic heterocycles. The Bertz CT molecular complexity index is 659. The van der Waals surface area contributed by atoms with E-state index >= 15 is 0 Å². The Hall–Kier alpha value is -2.40. The number of carbonyl (C=O) groups is 1. The maximum Gasteiger partial charge on any atom is 0.326 e. The van der Waals surface area contributed by atoms with Gasteiger partial charge in [0.25, 0.3) is 0 Å². The number of aliphatic carboxylic acids is 1. The molecule has 0 aliphatic carbocycles. The van der Waals surface area contributed by atoms with Gasteiger partial charge in [-0.1, -0.05) is 42.5 Å². The van der Waals surface area contributed by atoms with Gasteiger partial charge < -0.3 is 15.7 Å². The van der Waals surface area contributed by atoms with E-state index in [1.54, 1.807) is 0 Å². The first-order valence-electron chi connectivity index (χ1n) is 6.95. The number of anilines is 1. The van der Waals surface area contributed by atoms with E-state index in [0.717, 1.165) is 16.8 Å². The highest BCUT2D eigenvalue weighted by Crippen LogP contribution is 2.10.